The van der Waals surface area contributed by atoms with Crippen molar-refractivity contribution in [1.82, 2.24) is 4.90 Å². The lowest BCUT2D eigenvalue weighted by molar-refractivity contribution is 0.0123. The monoisotopic (exact) mass is 389 g/mol. The molecule has 1 heterocycles. The fourth-order valence-electron chi connectivity index (χ4n) is 2.84. The number of hydrogen-bond acceptors (Lipinski definition) is 7. The smallest absolute Gasteiger partial charge is 0.231 e. The molecule has 0 spiro atoms. The second-order valence-electron chi connectivity index (χ2n) is 6.64. The molecule has 2 aromatic rings. The van der Waals surface area contributed by atoms with Gasteiger partial charge in [0, 0.05) is 13.1 Å². The molecular weight excluding hydrogens is 362 g/mol. The van der Waals surface area contributed by atoms with E-state index in [-0.39, 0.29) is 13.4 Å². The van der Waals surface area contributed by atoms with E-state index in [1.807, 2.05) is 54.4 Å². The van der Waals surface area contributed by atoms with Crippen LogP contribution in [-0.4, -0.2) is 63.4 Å². The number of benzene rings is 2. The Morgan fingerprint density at radius 2 is 1.82 bits per heavy atom. The number of fused-ring (bicyclic) bond motifs is 1. The van der Waals surface area contributed by atoms with Crippen LogP contribution in [0.3, 0.4) is 0 Å². The van der Waals surface area contributed by atoms with Gasteiger partial charge in [-0.3, -0.25) is 0 Å². The standard InChI is InChI=1S/C21H27NO6/c1-22(9-10-26-19-6-4-18(24-2)5-7-19)12-17(23)14-25-13-16-3-8-20-21(11-16)28-15-27-20/h3-8,11,17,23H,9-10,12-15H2,1-2H3. The third-order valence-corrected chi connectivity index (χ3v) is 4.34. The number of methoxy groups -OCH3 is 1. The molecule has 1 atom stereocenters. The Labute approximate surface area is 165 Å². The average Bonchev–Trinajstić information content (AvgIpc) is 3.16. The highest BCUT2D eigenvalue weighted by atomic mass is 16.7. The third-order valence-electron chi connectivity index (χ3n) is 4.34. The number of aliphatic hydroxyl groups excluding tert-OH is 1. The first-order valence-corrected chi connectivity index (χ1v) is 9.24. The molecule has 0 bridgehead atoms. The second-order valence-corrected chi connectivity index (χ2v) is 6.64. The molecule has 152 valence electrons. The molecule has 0 saturated carbocycles. The van der Waals surface area contributed by atoms with E-state index in [4.69, 9.17) is 23.7 Å². The summed E-state index contributed by atoms with van der Waals surface area (Å²) in [6.45, 7) is 2.68. The molecule has 0 fully saturated rings. The number of likely N-dealkylation sites (N-methyl/N-ethyl adjacent to an activating group) is 1. The molecule has 0 radical (unpaired) electrons. The summed E-state index contributed by atoms with van der Waals surface area (Å²) in [5, 5.41) is 10.2. The minimum atomic E-state index is -0.569. The minimum Gasteiger partial charge on any atom is -0.497 e. The van der Waals surface area contributed by atoms with Crippen LogP contribution in [0.4, 0.5) is 0 Å². The third kappa shape index (κ3) is 6.02. The van der Waals surface area contributed by atoms with Crippen LogP contribution in [0.25, 0.3) is 0 Å². The first-order chi connectivity index (χ1) is 13.6. The number of rotatable bonds is 11. The van der Waals surface area contributed by atoms with Crippen LogP contribution >= 0.6 is 0 Å². The largest absolute Gasteiger partial charge is 0.497 e. The van der Waals surface area contributed by atoms with Crippen molar-refractivity contribution < 1.29 is 28.8 Å². The van der Waals surface area contributed by atoms with E-state index in [2.05, 4.69) is 0 Å². The Morgan fingerprint density at radius 1 is 1.07 bits per heavy atom. The molecule has 1 aliphatic heterocycles. The van der Waals surface area contributed by atoms with Crippen molar-refractivity contribution in [2.75, 3.05) is 47.3 Å². The van der Waals surface area contributed by atoms with Crippen molar-refractivity contribution in [1.29, 1.82) is 0 Å². The maximum absolute atomic E-state index is 10.2. The van der Waals surface area contributed by atoms with Gasteiger partial charge in [-0.2, -0.15) is 0 Å². The topological polar surface area (TPSA) is 69.6 Å². The summed E-state index contributed by atoms with van der Waals surface area (Å²) < 4.78 is 27.1. The lowest BCUT2D eigenvalue weighted by Crippen LogP contribution is -2.34. The Morgan fingerprint density at radius 3 is 2.61 bits per heavy atom. The summed E-state index contributed by atoms with van der Waals surface area (Å²) in [5.74, 6) is 3.08. The Kier molecular flexibility index (Phi) is 7.36. The van der Waals surface area contributed by atoms with Crippen LogP contribution in [0.5, 0.6) is 23.0 Å². The molecule has 7 nitrogen and oxygen atoms in total. The van der Waals surface area contributed by atoms with Crippen LogP contribution in [0.2, 0.25) is 0 Å². The SMILES string of the molecule is COc1ccc(OCCN(C)CC(O)COCc2ccc3c(c2)OCO3)cc1. The van der Waals surface area contributed by atoms with Gasteiger partial charge in [-0.15, -0.1) is 0 Å². The quantitative estimate of drug-likeness (QED) is 0.632. The predicted molar refractivity (Wildman–Crippen MR) is 104 cm³/mol. The summed E-state index contributed by atoms with van der Waals surface area (Å²) in [6, 6.07) is 13.2. The van der Waals surface area contributed by atoms with Gasteiger partial charge in [0.05, 0.1) is 26.4 Å². The molecule has 1 aliphatic rings. The highest BCUT2D eigenvalue weighted by Crippen LogP contribution is 2.32. The van der Waals surface area contributed by atoms with Gasteiger partial charge < -0.3 is 33.7 Å². The van der Waals surface area contributed by atoms with Crippen molar-refractivity contribution in [3.63, 3.8) is 0 Å². The zero-order valence-corrected chi connectivity index (χ0v) is 16.3. The normalized spacial score (nSPS) is 13.6. The predicted octanol–water partition coefficient (Wildman–Crippen LogP) is 2.31. The van der Waals surface area contributed by atoms with E-state index in [0.29, 0.717) is 26.3 Å². The van der Waals surface area contributed by atoms with Gasteiger partial charge in [-0.05, 0) is 49.0 Å². The van der Waals surface area contributed by atoms with Gasteiger partial charge in [-0.1, -0.05) is 6.07 Å². The molecular formula is C21H27NO6. The molecule has 3 rings (SSSR count). The molecule has 0 amide bonds. The molecule has 1 N–H and O–H groups in total. The van der Waals surface area contributed by atoms with E-state index in [1.165, 1.54) is 0 Å². The van der Waals surface area contributed by atoms with Crippen LogP contribution in [-0.2, 0) is 11.3 Å². The van der Waals surface area contributed by atoms with Gasteiger partial charge in [0.25, 0.3) is 0 Å². The van der Waals surface area contributed by atoms with Crippen molar-refractivity contribution in [3.05, 3.63) is 48.0 Å². The summed E-state index contributed by atoms with van der Waals surface area (Å²) >= 11 is 0. The van der Waals surface area contributed by atoms with Crippen LogP contribution < -0.4 is 18.9 Å². The van der Waals surface area contributed by atoms with E-state index >= 15 is 0 Å². The summed E-state index contributed by atoms with van der Waals surface area (Å²) in [6.07, 6.45) is -0.569. The average molecular weight is 389 g/mol. The number of hydrogen-bond donors (Lipinski definition) is 1. The molecule has 0 aromatic heterocycles. The Bertz CT molecular complexity index is 736. The van der Waals surface area contributed by atoms with Gasteiger partial charge in [0.15, 0.2) is 11.5 Å². The molecule has 2 aromatic carbocycles. The molecule has 0 aliphatic carbocycles. The fourth-order valence-corrected chi connectivity index (χ4v) is 2.84. The van der Waals surface area contributed by atoms with Gasteiger partial charge >= 0.3 is 0 Å². The van der Waals surface area contributed by atoms with Crippen molar-refractivity contribution in [2.45, 2.75) is 12.7 Å². The van der Waals surface area contributed by atoms with Gasteiger partial charge in [0.2, 0.25) is 6.79 Å². The summed E-state index contributed by atoms with van der Waals surface area (Å²) in [5.41, 5.74) is 0.984. The van der Waals surface area contributed by atoms with E-state index in [0.717, 1.165) is 28.6 Å². The highest BCUT2D eigenvalue weighted by Gasteiger charge is 2.14. The Balaban J connectivity index is 1.30. The second kappa shape index (κ2) is 10.2. The van der Waals surface area contributed by atoms with Crippen molar-refractivity contribution >= 4 is 0 Å². The maximum atomic E-state index is 10.2. The zero-order valence-electron chi connectivity index (χ0n) is 16.3. The van der Waals surface area contributed by atoms with E-state index in [1.54, 1.807) is 7.11 Å². The summed E-state index contributed by atoms with van der Waals surface area (Å²) in [7, 11) is 3.58. The maximum Gasteiger partial charge on any atom is 0.231 e. The fraction of sp³-hybridized carbons (Fsp3) is 0.429. The lowest BCUT2D eigenvalue weighted by atomic mass is 10.2. The van der Waals surface area contributed by atoms with E-state index in [9.17, 15) is 5.11 Å². The first kappa shape index (κ1) is 20.3. The van der Waals surface area contributed by atoms with Gasteiger partial charge in [0.1, 0.15) is 18.1 Å². The number of nitrogens with zero attached hydrogens (tertiary/aromatic N) is 1. The molecule has 0 saturated heterocycles. The number of ether oxygens (including phenoxy) is 5. The lowest BCUT2D eigenvalue weighted by Gasteiger charge is -2.20. The van der Waals surface area contributed by atoms with Crippen molar-refractivity contribution in [3.8, 4) is 23.0 Å². The van der Waals surface area contributed by atoms with Crippen molar-refractivity contribution in [2.24, 2.45) is 0 Å². The number of aliphatic hydroxyl groups is 1. The van der Waals surface area contributed by atoms with E-state index < -0.39 is 6.10 Å². The first-order valence-electron chi connectivity index (χ1n) is 9.24. The van der Waals surface area contributed by atoms with Crippen LogP contribution in [0.15, 0.2) is 42.5 Å². The van der Waals surface area contributed by atoms with Gasteiger partial charge in [-0.25, -0.2) is 0 Å². The van der Waals surface area contributed by atoms with Crippen LogP contribution in [0, 0.1) is 0 Å². The van der Waals surface area contributed by atoms with Crippen LogP contribution in [0.1, 0.15) is 5.56 Å². The minimum absolute atomic E-state index is 0.257. The zero-order chi connectivity index (χ0) is 19.8. The summed E-state index contributed by atoms with van der Waals surface area (Å²) in [4.78, 5) is 2.01. The Hall–Kier alpha value is -2.48. The molecule has 7 heteroatoms. The highest BCUT2D eigenvalue weighted by molar-refractivity contribution is 5.44. The molecule has 1 unspecified atom stereocenters. The molecule has 28 heavy (non-hydrogen) atoms.